The van der Waals surface area contributed by atoms with Crippen LogP contribution in [0.1, 0.15) is 38.7 Å². The van der Waals surface area contributed by atoms with E-state index in [9.17, 15) is 4.79 Å². The monoisotopic (exact) mass is 382 g/mol. The van der Waals surface area contributed by atoms with Gasteiger partial charge >= 0.3 is 0 Å². The summed E-state index contributed by atoms with van der Waals surface area (Å²) in [6.45, 7) is 8.00. The molecular formula is C24H34N2O2. The Bertz CT molecular complexity index is 703. The van der Waals surface area contributed by atoms with E-state index in [1.807, 2.05) is 54.3 Å². The van der Waals surface area contributed by atoms with Crippen LogP contribution in [-0.4, -0.2) is 44.1 Å². The van der Waals surface area contributed by atoms with Gasteiger partial charge in [-0.15, -0.1) is 0 Å². The summed E-state index contributed by atoms with van der Waals surface area (Å²) in [5.41, 5.74) is 2.29. The number of rotatable bonds is 12. The van der Waals surface area contributed by atoms with Gasteiger partial charge in [-0.25, -0.2) is 0 Å². The molecule has 0 aliphatic carbocycles. The Kier molecular flexibility index (Phi) is 9.56. The summed E-state index contributed by atoms with van der Waals surface area (Å²) in [6.07, 6.45) is 3.64. The van der Waals surface area contributed by atoms with Gasteiger partial charge in [0.1, 0.15) is 5.75 Å². The largest absolute Gasteiger partial charge is 0.497 e. The standard InChI is InChI=1S/C24H34N2O2/c1-4-16-25(19-15-21-11-9-14-23(20-21)28-3)17-10-18-26(24(27)5-2)22-12-7-6-8-13-22/h6-9,11-14,20H,4-5,10,15-19H2,1-3H3. The van der Waals surface area contributed by atoms with Crippen molar-refractivity contribution in [2.24, 2.45) is 0 Å². The molecule has 0 spiro atoms. The first-order valence-corrected chi connectivity index (χ1v) is 10.4. The van der Waals surface area contributed by atoms with Gasteiger partial charge in [0.2, 0.25) is 5.91 Å². The topological polar surface area (TPSA) is 32.8 Å². The number of carbonyl (C=O) groups excluding carboxylic acids is 1. The number of hydrogen-bond acceptors (Lipinski definition) is 3. The molecule has 0 radical (unpaired) electrons. The summed E-state index contributed by atoms with van der Waals surface area (Å²) in [6, 6.07) is 18.3. The minimum Gasteiger partial charge on any atom is -0.497 e. The lowest BCUT2D eigenvalue weighted by Crippen LogP contribution is -2.35. The fraction of sp³-hybridized carbons (Fsp3) is 0.458. The molecule has 0 saturated carbocycles. The lowest BCUT2D eigenvalue weighted by Gasteiger charge is -2.26. The molecule has 0 aromatic heterocycles. The zero-order chi connectivity index (χ0) is 20.2. The number of anilines is 1. The Morgan fingerprint density at radius 1 is 0.929 bits per heavy atom. The zero-order valence-electron chi connectivity index (χ0n) is 17.6. The van der Waals surface area contributed by atoms with Crippen molar-refractivity contribution < 1.29 is 9.53 Å². The highest BCUT2D eigenvalue weighted by Gasteiger charge is 2.14. The van der Waals surface area contributed by atoms with Crippen LogP contribution in [0.15, 0.2) is 54.6 Å². The molecule has 0 N–H and O–H groups in total. The van der Waals surface area contributed by atoms with Crippen LogP contribution in [-0.2, 0) is 11.2 Å². The van der Waals surface area contributed by atoms with Crippen molar-refractivity contribution in [2.75, 3.05) is 38.2 Å². The van der Waals surface area contributed by atoms with Crippen LogP contribution in [0.4, 0.5) is 5.69 Å². The molecule has 152 valence electrons. The summed E-state index contributed by atoms with van der Waals surface area (Å²) in [5.74, 6) is 1.10. The molecule has 2 rings (SSSR count). The first-order chi connectivity index (χ1) is 13.7. The molecule has 0 heterocycles. The van der Waals surface area contributed by atoms with E-state index < -0.39 is 0 Å². The van der Waals surface area contributed by atoms with Crippen molar-refractivity contribution in [3.63, 3.8) is 0 Å². The maximum absolute atomic E-state index is 12.4. The highest BCUT2D eigenvalue weighted by molar-refractivity contribution is 5.93. The number of amides is 1. The van der Waals surface area contributed by atoms with Crippen molar-refractivity contribution in [2.45, 2.75) is 39.5 Å². The second kappa shape index (κ2) is 12.2. The summed E-state index contributed by atoms with van der Waals surface area (Å²) in [5, 5.41) is 0. The van der Waals surface area contributed by atoms with Gasteiger partial charge < -0.3 is 14.5 Å². The molecular weight excluding hydrogens is 348 g/mol. The number of para-hydroxylation sites is 1. The number of methoxy groups -OCH3 is 1. The van der Waals surface area contributed by atoms with Crippen molar-refractivity contribution in [3.05, 3.63) is 60.2 Å². The molecule has 0 atom stereocenters. The second-order valence-corrected chi connectivity index (χ2v) is 7.03. The van der Waals surface area contributed by atoms with Gasteiger partial charge in [-0.2, -0.15) is 0 Å². The Labute approximate surface area is 170 Å². The lowest BCUT2D eigenvalue weighted by molar-refractivity contribution is -0.118. The molecule has 0 aliphatic rings. The van der Waals surface area contributed by atoms with E-state index in [1.165, 1.54) is 5.56 Å². The molecule has 2 aromatic rings. The quantitative estimate of drug-likeness (QED) is 0.529. The molecule has 0 bridgehead atoms. The van der Waals surface area contributed by atoms with E-state index in [2.05, 4.69) is 24.0 Å². The number of nitrogens with zero attached hydrogens (tertiary/aromatic N) is 2. The van der Waals surface area contributed by atoms with Gasteiger partial charge in [-0.05, 0) is 62.2 Å². The van der Waals surface area contributed by atoms with Crippen LogP contribution in [0, 0.1) is 0 Å². The maximum atomic E-state index is 12.4. The molecule has 0 aliphatic heterocycles. The Balaban J connectivity index is 1.89. The number of benzene rings is 2. The molecule has 4 heteroatoms. The fourth-order valence-electron chi connectivity index (χ4n) is 3.42. The van der Waals surface area contributed by atoms with E-state index in [-0.39, 0.29) is 5.91 Å². The normalized spacial score (nSPS) is 10.9. The second-order valence-electron chi connectivity index (χ2n) is 7.03. The summed E-state index contributed by atoms with van der Waals surface area (Å²) in [4.78, 5) is 16.8. The van der Waals surface area contributed by atoms with Gasteiger partial charge in [0.25, 0.3) is 0 Å². The first kappa shape index (κ1) is 22.0. The van der Waals surface area contributed by atoms with Crippen molar-refractivity contribution >= 4 is 11.6 Å². The SMILES string of the molecule is CCCN(CCCN(C(=O)CC)c1ccccc1)CCc1cccc(OC)c1. The maximum Gasteiger partial charge on any atom is 0.226 e. The average molecular weight is 383 g/mol. The molecule has 0 fully saturated rings. The minimum absolute atomic E-state index is 0.185. The van der Waals surface area contributed by atoms with Crippen LogP contribution < -0.4 is 9.64 Å². The highest BCUT2D eigenvalue weighted by Crippen LogP contribution is 2.16. The van der Waals surface area contributed by atoms with Gasteiger partial charge in [-0.3, -0.25) is 4.79 Å². The minimum atomic E-state index is 0.185. The third kappa shape index (κ3) is 7.01. The van der Waals surface area contributed by atoms with Crippen LogP contribution in [0.2, 0.25) is 0 Å². The van der Waals surface area contributed by atoms with Gasteiger partial charge in [0.15, 0.2) is 0 Å². The summed E-state index contributed by atoms with van der Waals surface area (Å²) in [7, 11) is 1.71. The van der Waals surface area contributed by atoms with Crippen molar-refractivity contribution in [1.29, 1.82) is 0 Å². The third-order valence-electron chi connectivity index (χ3n) is 4.92. The fourth-order valence-corrected chi connectivity index (χ4v) is 3.42. The van der Waals surface area contributed by atoms with Crippen LogP contribution in [0.25, 0.3) is 0 Å². The van der Waals surface area contributed by atoms with Crippen LogP contribution >= 0.6 is 0 Å². The van der Waals surface area contributed by atoms with Crippen LogP contribution in [0.3, 0.4) is 0 Å². The molecule has 0 saturated heterocycles. The number of ether oxygens (including phenoxy) is 1. The number of hydrogen-bond donors (Lipinski definition) is 0. The molecule has 28 heavy (non-hydrogen) atoms. The molecule has 2 aromatic carbocycles. The smallest absolute Gasteiger partial charge is 0.226 e. The van der Waals surface area contributed by atoms with E-state index >= 15 is 0 Å². The van der Waals surface area contributed by atoms with Crippen molar-refractivity contribution in [1.82, 2.24) is 4.90 Å². The van der Waals surface area contributed by atoms with E-state index in [1.54, 1.807) is 7.11 Å². The van der Waals surface area contributed by atoms with Gasteiger partial charge in [0.05, 0.1) is 7.11 Å². The summed E-state index contributed by atoms with van der Waals surface area (Å²) >= 11 is 0. The van der Waals surface area contributed by atoms with Gasteiger partial charge in [0, 0.05) is 25.2 Å². The van der Waals surface area contributed by atoms with Gasteiger partial charge in [-0.1, -0.05) is 44.2 Å². The molecule has 0 unspecified atom stereocenters. The molecule has 4 nitrogen and oxygen atoms in total. The lowest BCUT2D eigenvalue weighted by atomic mass is 10.1. The van der Waals surface area contributed by atoms with Crippen LogP contribution in [0.5, 0.6) is 5.75 Å². The Hall–Kier alpha value is -2.33. The van der Waals surface area contributed by atoms with E-state index in [0.29, 0.717) is 6.42 Å². The predicted molar refractivity (Wildman–Crippen MR) is 117 cm³/mol. The molecule has 1 amide bonds. The van der Waals surface area contributed by atoms with E-state index in [0.717, 1.165) is 56.9 Å². The van der Waals surface area contributed by atoms with Crippen molar-refractivity contribution in [3.8, 4) is 5.75 Å². The Morgan fingerprint density at radius 2 is 1.71 bits per heavy atom. The number of carbonyl (C=O) groups is 1. The first-order valence-electron chi connectivity index (χ1n) is 10.4. The Morgan fingerprint density at radius 3 is 2.39 bits per heavy atom. The predicted octanol–water partition coefficient (Wildman–Crippen LogP) is 4.78. The summed E-state index contributed by atoms with van der Waals surface area (Å²) < 4.78 is 5.32. The van der Waals surface area contributed by atoms with E-state index in [4.69, 9.17) is 4.74 Å². The third-order valence-corrected chi connectivity index (χ3v) is 4.92. The highest BCUT2D eigenvalue weighted by atomic mass is 16.5. The zero-order valence-corrected chi connectivity index (χ0v) is 17.6. The average Bonchev–Trinajstić information content (AvgIpc) is 2.75.